The second-order valence-corrected chi connectivity index (χ2v) is 9.32. The lowest BCUT2D eigenvalue weighted by Gasteiger charge is -2.29. The van der Waals surface area contributed by atoms with Crippen LogP contribution in [0.5, 0.6) is 5.75 Å². The number of carbonyl (C=O) groups is 3. The fraction of sp³-hybridized carbons (Fsp3) is 0.545. The first-order valence-electron chi connectivity index (χ1n) is 10.4. The highest BCUT2D eigenvalue weighted by Crippen LogP contribution is 2.49. The molecule has 2 aliphatic carbocycles. The first-order chi connectivity index (χ1) is 14.4. The lowest BCUT2D eigenvalue weighted by molar-refractivity contribution is -0.126. The molecule has 4 atom stereocenters. The van der Waals surface area contributed by atoms with Crippen LogP contribution < -0.4 is 15.0 Å². The third-order valence-corrected chi connectivity index (χ3v) is 7.39. The predicted octanol–water partition coefficient (Wildman–Crippen LogP) is 2.99. The minimum absolute atomic E-state index is 0.0990. The molecule has 1 aromatic carbocycles. The maximum atomic E-state index is 12.6. The minimum atomic E-state index is -0.483. The summed E-state index contributed by atoms with van der Waals surface area (Å²) in [5, 5.41) is 3.36. The number of fused-ring (bicyclic) bond motifs is 2. The van der Waals surface area contributed by atoms with Gasteiger partial charge in [0.1, 0.15) is 12.2 Å². The van der Waals surface area contributed by atoms with Crippen LogP contribution in [0, 0.1) is 17.8 Å². The maximum absolute atomic E-state index is 12.6. The van der Waals surface area contributed by atoms with E-state index in [9.17, 15) is 14.4 Å². The Morgan fingerprint density at radius 2 is 2.03 bits per heavy atom. The highest BCUT2D eigenvalue weighted by Gasteiger charge is 2.42. The third-order valence-electron chi connectivity index (χ3n) is 6.45. The van der Waals surface area contributed by atoms with Crippen molar-refractivity contribution in [2.75, 3.05) is 17.8 Å². The van der Waals surface area contributed by atoms with Gasteiger partial charge in [0, 0.05) is 6.04 Å². The molecule has 0 saturated heterocycles. The molecule has 30 heavy (non-hydrogen) atoms. The summed E-state index contributed by atoms with van der Waals surface area (Å²) in [7, 11) is 1.57. The van der Waals surface area contributed by atoms with Crippen molar-refractivity contribution < 1.29 is 19.1 Å². The first kappa shape index (κ1) is 20.9. The van der Waals surface area contributed by atoms with Crippen molar-refractivity contribution >= 4 is 40.3 Å². The molecule has 0 spiro atoms. The Morgan fingerprint density at radius 3 is 2.67 bits per heavy atom. The molecule has 0 unspecified atom stereocenters. The van der Waals surface area contributed by atoms with Gasteiger partial charge < -0.3 is 10.1 Å². The maximum Gasteiger partial charge on any atom is 0.257 e. The van der Waals surface area contributed by atoms with Gasteiger partial charge >= 0.3 is 0 Å². The van der Waals surface area contributed by atoms with Gasteiger partial charge in [-0.3, -0.25) is 19.3 Å². The SMILES string of the molecule is COc1ccc(N2C(=O)CC(=O)N=C2SCC(=O)N[C@H](C)[C@H]2C[C@H]3CC[C@H]2C3)cc1. The van der Waals surface area contributed by atoms with E-state index in [2.05, 4.69) is 17.2 Å². The molecule has 2 saturated carbocycles. The van der Waals surface area contributed by atoms with Crippen molar-refractivity contribution in [2.45, 2.75) is 45.1 Å². The summed E-state index contributed by atoms with van der Waals surface area (Å²) in [5.74, 6) is 1.97. The molecule has 160 valence electrons. The summed E-state index contributed by atoms with van der Waals surface area (Å²) in [4.78, 5) is 42.4. The van der Waals surface area contributed by atoms with Gasteiger partial charge in [-0.25, -0.2) is 0 Å². The van der Waals surface area contributed by atoms with Crippen LogP contribution in [0.1, 0.15) is 39.0 Å². The molecule has 2 fully saturated rings. The quantitative estimate of drug-likeness (QED) is 0.703. The van der Waals surface area contributed by atoms with Crippen LogP contribution in [-0.4, -0.2) is 41.8 Å². The van der Waals surface area contributed by atoms with E-state index in [-0.39, 0.29) is 35.2 Å². The Hall–Kier alpha value is -2.35. The van der Waals surface area contributed by atoms with E-state index in [1.54, 1.807) is 31.4 Å². The number of ether oxygens (including phenoxy) is 1. The van der Waals surface area contributed by atoms with Crippen LogP contribution in [0.25, 0.3) is 0 Å². The highest BCUT2D eigenvalue weighted by atomic mass is 32.2. The molecule has 1 heterocycles. The number of thioether (sulfide) groups is 1. The van der Waals surface area contributed by atoms with Crippen LogP contribution in [0.2, 0.25) is 0 Å². The number of hydrogen-bond acceptors (Lipinski definition) is 5. The van der Waals surface area contributed by atoms with Crippen molar-refractivity contribution in [2.24, 2.45) is 22.7 Å². The van der Waals surface area contributed by atoms with Crippen LogP contribution in [0.15, 0.2) is 29.3 Å². The molecule has 0 radical (unpaired) electrons. The Kier molecular flexibility index (Phi) is 6.13. The number of rotatable bonds is 6. The van der Waals surface area contributed by atoms with Gasteiger partial charge in [0.05, 0.1) is 18.6 Å². The molecular formula is C22H27N3O4S. The Labute approximate surface area is 180 Å². The zero-order chi connectivity index (χ0) is 21.3. The molecule has 8 heteroatoms. The van der Waals surface area contributed by atoms with Crippen LogP contribution in [-0.2, 0) is 14.4 Å². The monoisotopic (exact) mass is 429 g/mol. The van der Waals surface area contributed by atoms with Gasteiger partial charge in [0.2, 0.25) is 11.8 Å². The van der Waals surface area contributed by atoms with Gasteiger partial charge in [-0.05, 0) is 68.2 Å². The number of anilines is 1. The van der Waals surface area contributed by atoms with Crippen molar-refractivity contribution in [1.29, 1.82) is 0 Å². The Bertz CT molecular complexity index is 870. The average Bonchev–Trinajstić information content (AvgIpc) is 3.36. The van der Waals surface area contributed by atoms with E-state index in [0.717, 1.165) is 23.6 Å². The lowest BCUT2D eigenvalue weighted by Crippen LogP contribution is -2.43. The molecule has 1 aromatic rings. The van der Waals surface area contributed by atoms with Crippen molar-refractivity contribution in [1.82, 2.24) is 5.32 Å². The second-order valence-electron chi connectivity index (χ2n) is 8.38. The van der Waals surface area contributed by atoms with E-state index >= 15 is 0 Å². The van der Waals surface area contributed by atoms with Crippen LogP contribution in [0.3, 0.4) is 0 Å². The van der Waals surface area contributed by atoms with Gasteiger partial charge in [-0.1, -0.05) is 18.2 Å². The largest absolute Gasteiger partial charge is 0.497 e. The normalized spacial score (nSPS) is 26.5. The fourth-order valence-electron chi connectivity index (χ4n) is 5.03. The summed E-state index contributed by atoms with van der Waals surface area (Å²) < 4.78 is 5.16. The number of amidine groups is 1. The topological polar surface area (TPSA) is 88.1 Å². The van der Waals surface area contributed by atoms with Crippen molar-refractivity contribution in [3.05, 3.63) is 24.3 Å². The standard InChI is InChI=1S/C22H27N3O4S/c1-13(18-10-14-3-4-15(18)9-14)23-20(27)12-30-22-24-19(26)11-21(28)25(22)16-5-7-17(29-2)8-6-16/h5-8,13-15,18H,3-4,9-12H2,1-2H3,(H,23,27)/t13-,14+,15+,18-/m1/s1. The molecule has 1 aliphatic heterocycles. The van der Waals surface area contributed by atoms with Crippen LogP contribution >= 0.6 is 11.8 Å². The number of carbonyl (C=O) groups excluding carboxylic acids is 3. The van der Waals surface area contributed by atoms with Crippen LogP contribution in [0.4, 0.5) is 5.69 Å². The molecule has 2 bridgehead atoms. The lowest BCUT2D eigenvalue weighted by atomic mass is 9.84. The zero-order valence-corrected chi connectivity index (χ0v) is 18.1. The summed E-state index contributed by atoms with van der Waals surface area (Å²) >= 11 is 1.12. The molecule has 0 aromatic heterocycles. The Morgan fingerprint density at radius 1 is 1.27 bits per heavy atom. The second kappa shape index (κ2) is 8.79. The number of nitrogens with zero attached hydrogens (tertiary/aromatic N) is 2. The number of amides is 3. The highest BCUT2D eigenvalue weighted by molar-refractivity contribution is 8.14. The van der Waals surface area contributed by atoms with Gasteiger partial charge in [-0.15, -0.1) is 0 Å². The molecule has 4 rings (SSSR count). The summed E-state index contributed by atoms with van der Waals surface area (Å²) in [6, 6.07) is 7.10. The molecular weight excluding hydrogens is 402 g/mol. The number of hydrogen-bond donors (Lipinski definition) is 1. The van der Waals surface area contributed by atoms with E-state index in [4.69, 9.17) is 4.74 Å². The molecule has 3 aliphatic rings. The average molecular weight is 430 g/mol. The van der Waals surface area contributed by atoms with E-state index in [1.807, 2.05) is 0 Å². The zero-order valence-electron chi connectivity index (χ0n) is 17.3. The van der Waals surface area contributed by atoms with E-state index in [0.29, 0.717) is 17.4 Å². The smallest absolute Gasteiger partial charge is 0.257 e. The fourth-order valence-corrected chi connectivity index (χ4v) is 5.88. The van der Waals surface area contributed by atoms with Crippen molar-refractivity contribution in [3.63, 3.8) is 0 Å². The summed E-state index contributed by atoms with van der Waals surface area (Å²) in [5.41, 5.74) is 0.593. The van der Waals surface area contributed by atoms with Crippen molar-refractivity contribution in [3.8, 4) is 5.75 Å². The third kappa shape index (κ3) is 4.38. The van der Waals surface area contributed by atoms with E-state index < -0.39 is 5.91 Å². The number of aliphatic imine (C=N–C) groups is 1. The molecule has 7 nitrogen and oxygen atoms in total. The van der Waals surface area contributed by atoms with E-state index in [1.165, 1.54) is 30.6 Å². The van der Waals surface area contributed by atoms with Gasteiger partial charge in [-0.2, -0.15) is 4.99 Å². The number of methoxy groups -OCH3 is 1. The summed E-state index contributed by atoms with van der Waals surface area (Å²) in [6.07, 6.45) is 4.85. The molecule has 1 N–H and O–H groups in total. The Balaban J connectivity index is 1.38. The number of benzene rings is 1. The summed E-state index contributed by atoms with van der Waals surface area (Å²) in [6.45, 7) is 2.09. The van der Waals surface area contributed by atoms with Gasteiger partial charge in [0.15, 0.2) is 5.17 Å². The predicted molar refractivity (Wildman–Crippen MR) is 117 cm³/mol. The minimum Gasteiger partial charge on any atom is -0.497 e. The first-order valence-corrected chi connectivity index (χ1v) is 11.4. The number of nitrogens with one attached hydrogen (secondary N) is 1. The van der Waals surface area contributed by atoms with Gasteiger partial charge in [0.25, 0.3) is 5.91 Å². The molecule has 3 amide bonds.